The Bertz CT molecular complexity index is 110. The zero-order valence-electron chi connectivity index (χ0n) is 8.00. The topological polar surface area (TPSA) is 21.6 Å². The van der Waals surface area contributed by atoms with Gasteiger partial charge >= 0.3 is 0 Å². The fourth-order valence-corrected chi connectivity index (χ4v) is 1.09. The van der Waals surface area contributed by atoms with Crippen LogP contribution >= 0.6 is 0 Å². The molecule has 2 heteroatoms. The molecule has 0 aliphatic heterocycles. The smallest absolute Gasteiger partial charge is 0.106 e. The van der Waals surface area contributed by atoms with E-state index < -0.39 is 0 Å². The maximum absolute atomic E-state index is 4.63. The third kappa shape index (κ3) is 5.89. The van der Waals surface area contributed by atoms with E-state index in [4.69, 9.17) is 0 Å². The number of rotatable bonds is 5. The second kappa shape index (κ2) is 6.20. The van der Waals surface area contributed by atoms with E-state index in [2.05, 4.69) is 30.8 Å². The van der Waals surface area contributed by atoms with Gasteiger partial charge in [0.05, 0.1) is 0 Å². The summed E-state index contributed by atoms with van der Waals surface area (Å²) in [5.74, 6) is 1.32. The second-order valence-electron chi connectivity index (χ2n) is 3.23. The molecule has 0 aromatic carbocycles. The average molecular weight is 157 g/mol. The van der Waals surface area contributed by atoms with Gasteiger partial charge in [0.2, 0.25) is 0 Å². The van der Waals surface area contributed by atoms with Crippen molar-refractivity contribution >= 4 is 6.21 Å². The van der Waals surface area contributed by atoms with E-state index >= 15 is 0 Å². The number of nitrogens with zero attached hydrogens (tertiary/aromatic N) is 1. The summed E-state index contributed by atoms with van der Waals surface area (Å²) in [4.78, 5) is 4.63. The molecule has 0 aliphatic carbocycles. The Morgan fingerprint density at radius 1 is 1.45 bits per heavy atom. The molecule has 0 radical (unpaired) electrons. The first-order chi connectivity index (χ1) is 5.20. The first kappa shape index (κ1) is 10.5. The van der Waals surface area contributed by atoms with Gasteiger partial charge in [-0.2, -0.15) is 0 Å². The molecular weight excluding hydrogens is 138 g/mol. The number of hydrogen-bond donors (Lipinski definition) is 0. The lowest BCUT2D eigenvalue weighted by Gasteiger charge is -2.10. The van der Waals surface area contributed by atoms with Crippen molar-refractivity contribution < 1.29 is 4.84 Å². The van der Waals surface area contributed by atoms with E-state index in [0.717, 1.165) is 12.3 Å². The molecule has 0 fully saturated rings. The molecule has 0 bridgehead atoms. The molecule has 66 valence electrons. The van der Waals surface area contributed by atoms with Crippen LogP contribution in [-0.4, -0.2) is 13.3 Å². The summed E-state index contributed by atoms with van der Waals surface area (Å²) in [7, 11) is 1.58. The molecule has 0 spiro atoms. The molecule has 0 amide bonds. The molecule has 0 rings (SSSR count). The van der Waals surface area contributed by atoms with Gasteiger partial charge in [-0.1, -0.05) is 25.9 Å². The first-order valence-electron chi connectivity index (χ1n) is 4.27. The average Bonchev–Trinajstić information content (AvgIpc) is 1.97. The van der Waals surface area contributed by atoms with Gasteiger partial charge in [0.1, 0.15) is 7.11 Å². The second-order valence-corrected chi connectivity index (χ2v) is 3.23. The van der Waals surface area contributed by atoms with E-state index in [1.807, 2.05) is 6.21 Å². The van der Waals surface area contributed by atoms with Gasteiger partial charge < -0.3 is 4.84 Å². The Morgan fingerprint density at radius 3 is 2.45 bits per heavy atom. The summed E-state index contributed by atoms with van der Waals surface area (Å²) in [5.41, 5.74) is 0. The van der Waals surface area contributed by atoms with Crippen LogP contribution in [0.3, 0.4) is 0 Å². The van der Waals surface area contributed by atoms with Crippen molar-refractivity contribution in [3.63, 3.8) is 0 Å². The fourth-order valence-electron chi connectivity index (χ4n) is 1.09. The van der Waals surface area contributed by atoms with Crippen molar-refractivity contribution in [1.29, 1.82) is 0 Å². The summed E-state index contributed by atoms with van der Waals surface area (Å²) < 4.78 is 0. The first-order valence-corrected chi connectivity index (χ1v) is 4.27. The highest BCUT2D eigenvalue weighted by molar-refractivity contribution is 5.59. The van der Waals surface area contributed by atoms with Crippen LogP contribution in [0.2, 0.25) is 0 Å². The van der Waals surface area contributed by atoms with Crippen LogP contribution < -0.4 is 0 Å². The third-order valence-electron chi connectivity index (χ3n) is 1.68. The van der Waals surface area contributed by atoms with Gasteiger partial charge in [0.25, 0.3) is 0 Å². The standard InChI is InChI=1S/C9H19NO/c1-5-9(6-8(2)3)7-10-11-4/h7-9H,5-6H2,1-4H3/b10-7+. The Kier molecular flexibility index (Phi) is 5.90. The lowest BCUT2D eigenvalue weighted by atomic mass is 9.96. The van der Waals surface area contributed by atoms with Crippen LogP contribution in [0, 0.1) is 11.8 Å². The maximum atomic E-state index is 4.63. The molecule has 1 atom stereocenters. The lowest BCUT2D eigenvalue weighted by molar-refractivity contribution is 0.212. The van der Waals surface area contributed by atoms with Gasteiger partial charge in [-0.25, -0.2) is 0 Å². The van der Waals surface area contributed by atoms with Crippen LogP contribution in [0.15, 0.2) is 5.16 Å². The molecular formula is C9H19NO. The zero-order chi connectivity index (χ0) is 8.69. The van der Waals surface area contributed by atoms with Gasteiger partial charge in [-0.05, 0) is 24.7 Å². The molecule has 0 aromatic rings. The van der Waals surface area contributed by atoms with Crippen molar-refractivity contribution in [2.24, 2.45) is 17.0 Å². The minimum absolute atomic E-state index is 0.579. The van der Waals surface area contributed by atoms with Crippen molar-refractivity contribution in [2.45, 2.75) is 33.6 Å². The SMILES string of the molecule is CCC(/C=N/OC)CC(C)C. The summed E-state index contributed by atoms with van der Waals surface area (Å²) in [6.07, 6.45) is 4.24. The van der Waals surface area contributed by atoms with E-state index in [0.29, 0.717) is 5.92 Å². The van der Waals surface area contributed by atoms with Crippen molar-refractivity contribution in [2.75, 3.05) is 7.11 Å². The number of oxime groups is 1. The summed E-state index contributed by atoms with van der Waals surface area (Å²) >= 11 is 0. The largest absolute Gasteiger partial charge is 0.399 e. The normalized spacial score (nSPS) is 14.3. The molecule has 0 aliphatic rings. The quantitative estimate of drug-likeness (QED) is 0.444. The van der Waals surface area contributed by atoms with Gasteiger partial charge in [0.15, 0.2) is 0 Å². The van der Waals surface area contributed by atoms with Crippen LogP contribution in [0.4, 0.5) is 0 Å². The predicted octanol–water partition coefficient (Wildman–Crippen LogP) is 2.69. The van der Waals surface area contributed by atoms with E-state index in [9.17, 15) is 0 Å². The van der Waals surface area contributed by atoms with E-state index in [1.165, 1.54) is 6.42 Å². The molecule has 0 N–H and O–H groups in total. The van der Waals surface area contributed by atoms with Crippen LogP contribution in [0.1, 0.15) is 33.6 Å². The minimum atomic E-state index is 0.579. The van der Waals surface area contributed by atoms with Crippen LogP contribution in [-0.2, 0) is 4.84 Å². The predicted molar refractivity (Wildman–Crippen MR) is 48.7 cm³/mol. The maximum Gasteiger partial charge on any atom is 0.106 e. The van der Waals surface area contributed by atoms with Gasteiger partial charge in [0, 0.05) is 6.21 Å². The lowest BCUT2D eigenvalue weighted by Crippen LogP contribution is -2.04. The van der Waals surface area contributed by atoms with E-state index in [1.54, 1.807) is 7.11 Å². The molecule has 1 unspecified atom stereocenters. The highest BCUT2D eigenvalue weighted by atomic mass is 16.6. The molecule has 0 saturated carbocycles. The highest BCUT2D eigenvalue weighted by Gasteiger charge is 2.05. The van der Waals surface area contributed by atoms with Crippen molar-refractivity contribution in [1.82, 2.24) is 0 Å². The van der Waals surface area contributed by atoms with E-state index in [-0.39, 0.29) is 0 Å². The third-order valence-corrected chi connectivity index (χ3v) is 1.68. The van der Waals surface area contributed by atoms with Gasteiger partial charge in [-0.15, -0.1) is 0 Å². The minimum Gasteiger partial charge on any atom is -0.399 e. The monoisotopic (exact) mass is 157 g/mol. The molecule has 2 nitrogen and oxygen atoms in total. The van der Waals surface area contributed by atoms with Gasteiger partial charge in [-0.3, -0.25) is 0 Å². The molecule has 0 heterocycles. The number of hydrogen-bond acceptors (Lipinski definition) is 2. The fraction of sp³-hybridized carbons (Fsp3) is 0.889. The zero-order valence-corrected chi connectivity index (χ0v) is 8.00. The molecule has 0 aromatic heterocycles. The Hall–Kier alpha value is -0.530. The highest BCUT2D eigenvalue weighted by Crippen LogP contribution is 2.12. The summed E-state index contributed by atoms with van der Waals surface area (Å²) in [5, 5.41) is 3.77. The summed E-state index contributed by atoms with van der Waals surface area (Å²) in [6.45, 7) is 6.63. The van der Waals surface area contributed by atoms with Crippen LogP contribution in [0.5, 0.6) is 0 Å². The Balaban J connectivity index is 3.66. The molecule has 0 saturated heterocycles. The Morgan fingerprint density at radius 2 is 2.09 bits per heavy atom. The van der Waals surface area contributed by atoms with Crippen molar-refractivity contribution in [3.8, 4) is 0 Å². The summed E-state index contributed by atoms with van der Waals surface area (Å²) in [6, 6.07) is 0. The van der Waals surface area contributed by atoms with Crippen molar-refractivity contribution in [3.05, 3.63) is 0 Å². The molecule has 11 heavy (non-hydrogen) atoms. The van der Waals surface area contributed by atoms with Crippen LogP contribution in [0.25, 0.3) is 0 Å². The Labute approximate surface area is 69.6 Å².